The Bertz CT molecular complexity index is 674. The molecule has 0 aromatic heterocycles. The molecule has 6 heteroatoms. The molecule has 0 amide bonds. The first kappa shape index (κ1) is 16.1. The van der Waals surface area contributed by atoms with Crippen LogP contribution in [-0.2, 0) is 22.8 Å². The average molecular weight is 393 g/mol. The first-order chi connectivity index (χ1) is 11.8. The molecule has 2 aromatic carbocycles. The van der Waals surface area contributed by atoms with Gasteiger partial charge in [0.25, 0.3) is 0 Å². The normalized spacial score (nSPS) is 19.4. The van der Waals surface area contributed by atoms with Gasteiger partial charge in [0.15, 0.2) is 0 Å². The molecule has 0 atom stereocenters. The van der Waals surface area contributed by atoms with Crippen LogP contribution >= 0.6 is 0 Å². The summed E-state index contributed by atoms with van der Waals surface area (Å²) >= 11 is -2.52. The van der Waals surface area contributed by atoms with Crippen LogP contribution in [-0.4, -0.2) is 40.3 Å². The Morgan fingerprint density at radius 2 is 1.04 bits per heavy atom. The van der Waals surface area contributed by atoms with Crippen LogP contribution < -0.4 is 8.92 Å². The van der Waals surface area contributed by atoms with E-state index < -0.39 is 26.4 Å². The summed E-state index contributed by atoms with van der Waals surface area (Å²) < 4.78 is 37.4. The fourth-order valence-corrected chi connectivity index (χ4v) is 5.82. The number of ether oxygens (including phenoxy) is 4. The van der Waals surface area contributed by atoms with E-state index in [9.17, 15) is 3.83 Å². The zero-order chi connectivity index (χ0) is 16.4. The van der Waals surface area contributed by atoms with Crippen molar-refractivity contribution in [3.63, 3.8) is 0 Å². The van der Waals surface area contributed by atoms with Crippen molar-refractivity contribution in [1.29, 1.82) is 0 Å². The average Bonchev–Trinajstić information content (AvgIpc) is 3.35. The Labute approximate surface area is 144 Å². The van der Waals surface area contributed by atoms with Gasteiger partial charge in [-0.25, -0.2) is 0 Å². The van der Waals surface area contributed by atoms with Crippen LogP contribution in [0.25, 0.3) is 0 Å². The fraction of sp³-hybridized carbons (Fsp3) is 0.333. The van der Waals surface area contributed by atoms with Gasteiger partial charge in [-0.05, 0) is 0 Å². The van der Waals surface area contributed by atoms with Crippen molar-refractivity contribution in [2.24, 2.45) is 0 Å². The number of hydrogen-bond acceptors (Lipinski definition) is 5. The molecule has 2 saturated heterocycles. The van der Waals surface area contributed by atoms with Gasteiger partial charge in [-0.15, -0.1) is 0 Å². The topological polar surface area (TPSA) is 54.0 Å². The van der Waals surface area contributed by atoms with Crippen molar-refractivity contribution in [3.8, 4) is 0 Å². The first-order valence-corrected chi connectivity index (χ1v) is 10.3. The predicted octanol–water partition coefficient (Wildman–Crippen LogP) is 1.31. The molecular formula is C18H18O5Se. The SMILES string of the molecule is O=[Se](c1ccccc1C1OCCO1)c1ccccc1C1OCCO1. The summed E-state index contributed by atoms with van der Waals surface area (Å²) in [5, 5.41) is 0. The molecule has 0 saturated carbocycles. The van der Waals surface area contributed by atoms with E-state index in [1.165, 1.54) is 0 Å². The second kappa shape index (κ2) is 7.23. The Hall–Kier alpha value is -1.40. The summed E-state index contributed by atoms with van der Waals surface area (Å²) in [5.41, 5.74) is 1.69. The molecule has 0 aliphatic carbocycles. The van der Waals surface area contributed by atoms with Gasteiger partial charge in [-0.3, -0.25) is 0 Å². The molecule has 5 nitrogen and oxygen atoms in total. The van der Waals surface area contributed by atoms with Gasteiger partial charge in [0.05, 0.1) is 0 Å². The Balaban J connectivity index is 1.72. The van der Waals surface area contributed by atoms with Gasteiger partial charge in [0, 0.05) is 0 Å². The molecule has 0 radical (unpaired) electrons. The van der Waals surface area contributed by atoms with Crippen LogP contribution in [0, 0.1) is 0 Å². The molecule has 2 aliphatic rings. The quantitative estimate of drug-likeness (QED) is 0.734. The zero-order valence-corrected chi connectivity index (χ0v) is 14.8. The molecule has 126 valence electrons. The Morgan fingerprint density at radius 1 is 0.667 bits per heavy atom. The van der Waals surface area contributed by atoms with E-state index in [1.54, 1.807) is 0 Å². The predicted molar refractivity (Wildman–Crippen MR) is 87.9 cm³/mol. The molecular weight excluding hydrogens is 375 g/mol. The molecule has 2 fully saturated rings. The van der Waals surface area contributed by atoms with E-state index in [2.05, 4.69) is 0 Å². The molecule has 0 bridgehead atoms. The first-order valence-electron chi connectivity index (χ1n) is 7.90. The van der Waals surface area contributed by atoms with E-state index in [4.69, 9.17) is 18.9 Å². The standard InChI is InChI=1S/C18H18O5Se/c19-24(15-7-3-1-5-13(15)17-20-9-10-21-17)16-8-4-2-6-14(16)18-22-11-12-23-18/h1-8,17-18H,9-12H2. The van der Waals surface area contributed by atoms with E-state index >= 15 is 0 Å². The van der Waals surface area contributed by atoms with Crippen LogP contribution in [0.2, 0.25) is 0 Å². The van der Waals surface area contributed by atoms with Gasteiger partial charge in [0.1, 0.15) is 0 Å². The van der Waals surface area contributed by atoms with Crippen LogP contribution in [0.5, 0.6) is 0 Å². The van der Waals surface area contributed by atoms with Crippen molar-refractivity contribution in [2.75, 3.05) is 26.4 Å². The van der Waals surface area contributed by atoms with Gasteiger partial charge >= 0.3 is 144 Å². The Morgan fingerprint density at radius 3 is 1.46 bits per heavy atom. The molecule has 4 rings (SSSR count). The van der Waals surface area contributed by atoms with Crippen molar-refractivity contribution < 1.29 is 22.8 Å². The van der Waals surface area contributed by atoms with Crippen LogP contribution in [0.15, 0.2) is 48.5 Å². The number of benzene rings is 2. The summed E-state index contributed by atoms with van der Waals surface area (Å²) in [7, 11) is 0. The van der Waals surface area contributed by atoms with Crippen LogP contribution in [0.1, 0.15) is 23.7 Å². The molecule has 2 aliphatic heterocycles. The third kappa shape index (κ3) is 3.09. The maximum atomic E-state index is 13.4. The molecule has 24 heavy (non-hydrogen) atoms. The third-order valence-corrected chi connectivity index (χ3v) is 7.23. The van der Waals surface area contributed by atoms with Gasteiger partial charge in [0.2, 0.25) is 0 Å². The summed E-state index contributed by atoms with van der Waals surface area (Å²) in [6.07, 6.45) is -0.875. The molecule has 0 spiro atoms. The molecule has 0 unspecified atom stereocenters. The van der Waals surface area contributed by atoms with E-state index in [0.717, 1.165) is 20.1 Å². The summed E-state index contributed by atoms with van der Waals surface area (Å²) in [5.74, 6) is 0. The monoisotopic (exact) mass is 394 g/mol. The summed E-state index contributed by atoms with van der Waals surface area (Å²) in [6.45, 7) is 2.23. The molecule has 2 heterocycles. The van der Waals surface area contributed by atoms with Gasteiger partial charge < -0.3 is 0 Å². The fourth-order valence-electron chi connectivity index (χ4n) is 2.88. The van der Waals surface area contributed by atoms with Crippen molar-refractivity contribution in [3.05, 3.63) is 59.7 Å². The second-order valence-electron chi connectivity index (χ2n) is 5.49. The third-order valence-electron chi connectivity index (χ3n) is 3.99. The minimum atomic E-state index is -2.52. The van der Waals surface area contributed by atoms with Gasteiger partial charge in [-0.1, -0.05) is 0 Å². The maximum absolute atomic E-state index is 13.4. The molecule has 0 N–H and O–H groups in total. The summed E-state index contributed by atoms with van der Waals surface area (Å²) in [4.78, 5) is 0. The van der Waals surface area contributed by atoms with Crippen LogP contribution in [0.3, 0.4) is 0 Å². The van der Waals surface area contributed by atoms with Crippen molar-refractivity contribution >= 4 is 22.8 Å². The number of rotatable bonds is 4. The zero-order valence-electron chi connectivity index (χ0n) is 13.1. The second-order valence-corrected chi connectivity index (χ2v) is 8.46. The van der Waals surface area contributed by atoms with E-state index in [0.29, 0.717) is 26.4 Å². The number of hydrogen-bond donors (Lipinski definition) is 0. The summed E-state index contributed by atoms with van der Waals surface area (Å²) in [6, 6.07) is 15.3. The van der Waals surface area contributed by atoms with Crippen molar-refractivity contribution in [2.45, 2.75) is 12.6 Å². The van der Waals surface area contributed by atoms with Gasteiger partial charge in [-0.2, -0.15) is 0 Å². The van der Waals surface area contributed by atoms with Crippen LogP contribution in [0.4, 0.5) is 0 Å². The Kier molecular flexibility index (Phi) is 4.85. The molecule has 2 aromatic rings. The van der Waals surface area contributed by atoms with E-state index in [1.807, 2.05) is 48.5 Å². The van der Waals surface area contributed by atoms with Crippen molar-refractivity contribution in [1.82, 2.24) is 0 Å². The minimum absolute atomic E-state index is 0.437. The van der Waals surface area contributed by atoms with E-state index in [-0.39, 0.29) is 0 Å².